The zero-order chi connectivity index (χ0) is 14.2. The lowest BCUT2D eigenvalue weighted by Gasteiger charge is -2.20. The van der Waals surface area contributed by atoms with Crippen molar-refractivity contribution in [3.05, 3.63) is 29.3 Å². The fraction of sp³-hybridized carbons (Fsp3) is 0.529. The molecule has 0 radical (unpaired) electrons. The molecule has 3 atom stereocenters. The van der Waals surface area contributed by atoms with Gasteiger partial charge >= 0.3 is 0 Å². The lowest BCUT2D eigenvalue weighted by Crippen LogP contribution is -2.26. The summed E-state index contributed by atoms with van der Waals surface area (Å²) in [7, 11) is 0. The van der Waals surface area contributed by atoms with Crippen molar-refractivity contribution < 1.29 is 4.79 Å². The molecule has 4 rings (SSSR count). The summed E-state index contributed by atoms with van der Waals surface area (Å²) in [5.41, 5.74) is 1.03. The zero-order valence-corrected chi connectivity index (χ0v) is 12.9. The van der Waals surface area contributed by atoms with E-state index in [1.807, 2.05) is 18.2 Å². The first-order valence-corrected chi connectivity index (χ1v) is 8.71. The number of hydrogen-bond acceptors (Lipinski definition) is 3. The first-order valence-electron chi connectivity index (χ1n) is 7.89. The number of carbonyl (C=O) groups excluding carboxylic acids is 1. The number of benzene rings is 1. The van der Waals surface area contributed by atoms with Gasteiger partial charge in [-0.05, 0) is 49.1 Å². The molecule has 3 unspecified atom stereocenters. The molecule has 0 spiro atoms. The summed E-state index contributed by atoms with van der Waals surface area (Å²) in [6, 6.07) is 8.12. The van der Waals surface area contributed by atoms with Crippen molar-refractivity contribution in [2.24, 2.45) is 17.8 Å². The van der Waals surface area contributed by atoms with Crippen LogP contribution in [0.25, 0.3) is 10.2 Å². The summed E-state index contributed by atoms with van der Waals surface area (Å²) in [5, 5.41) is 4.05. The highest BCUT2D eigenvalue weighted by atomic mass is 32.1. The number of fused-ring (bicyclic) bond motifs is 3. The Labute approximate surface area is 128 Å². The molecule has 1 N–H and O–H groups in total. The molecule has 2 saturated carbocycles. The quantitative estimate of drug-likeness (QED) is 0.934. The maximum Gasteiger partial charge on any atom is 0.220 e. The number of para-hydroxylation sites is 1. The number of carbonyl (C=O) groups is 1. The Bertz CT molecular complexity index is 633. The van der Waals surface area contributed by atoms with Gasteiger partial charge in [-0.25, -0.2) is 4.98 Å². The van der Waals surface area contributed by atoms with Crippen molar-refractivity contribution in [2.75, 3.05) is 0 Å². The summed E-state index contributed by atoms with van der Waals surface area (Å²) < 4.78 is 1.19. The third-order valence-corrected chi connectivity index (χ3v) is 6.14. The molecule has 1 aromatic heterocycles. The Hall–Kier alpha value is -1.42. The van der Waals surface area contributed by atoms with E-state index in [9.17, 15) is 4.79 Å². The van der Waals surface area contributed by atoms with Gasteiger partial charge in [-0.2, -0.15) is 0 Å². The second-order valence-electron chi connectivity index (χ2n) is 6.49. The topological polar surface area (TPSA) is 42.0 Å². The number of aromatic nitrogens is 1. The molecule has 2 aromatic rings. The molecule has 2 bridgehead atoms. The Balaban J connectivity index is 1.32. The van der Waals surface area contributed by atoms with Crippen LogP contribution in [0, 0.1) is 17.8 Å². The normalized spacial score (nSPS) is 27.3. The summed E-state index contributed by atoms with van der Waals surface area (Å²) in [5.74, 6) is 2.58. The van der Waals surface area contributed by atoms with Gasteiger partial charge in [0.2, 0.25) is 5.91 Å². The van der Waals surface area contributed by atoms with Gasteiger partial charge in [-0.1, -0.05) is 18.6 Å². The van der Waals surface area contributed by atoms with E-state index in [0.29, 0.717) is 18.9 Å². The summed E-state index contributed by atoms with van der Waals surface area (Å²) >= 11 is 1.67. The zero-order valence-electron chi connectivity index (χ0n) is 12.0. The Morgan fingerprint density at radius 3 is 2.95 bits per heavy atom. The minimum Gasteiger partial charge on any atom is -0.350 e. The minimum absolute atomic E-state index is 0.201. The molecule has 0 saturated heterocycles. The molecule has 2 aliphatic rings. The van der Waals surface area contributed by atoms with Gasteiger partial charge in [-0.3, -0.25) is 4.79 Å². The van der Waals surface area contributed by atoms with Crippen LogP contribution >= 0.6 is 11.3 Å². The predicted molar refractivity (Wildman–Crippen MR) is 85.0 cm³/mol. The van der Waals surface area contributed by atoms with Gasteiger partial charge in [0.1, 0.15) is 5.01 Å². The Morgan fingerprint density at radius 2 is 2.19 bits per heavy atom. The monoisotopic (exact) mass is 300 g/mol. The number of hydrogen-bond donors (Lipinski definition) is 1. The first-order chi connectivity index (χ1) is 10.3. The predicted octanol–water partition coefficient (Wildman–Crippen LogP) is 3.74. The van der Waals surface area contributed by atoms with Crippen LogP contribution in [-0.2, 0) is 11.3 Å². The molecule has 2 fully saturated rings. The van der Waals surface area contributed by atoms with Crippen molar-refractivity contribution >= 4 is 27.5 Å². The summed E-state index contributed by atoms with van der Waals surface area (Å²) in [6.45, 7) is 0.568. The van der Waals surface area contributed by atoms with Crippen LogP contribution in [0.1, 0.15) is 37.1 Å². The number of nitrogens with zero attached hydrogens (tertiary/aromatic N) is 1. The molecule has 1 aromatic carbocycles. The Kier molecular flexibility index (Phi) is 3.42. The first kappa shape index (κ1) is 13.3. The summed E-state index contributed by atoms with van der Waals surface area (Å²) in [6.07, 6.45) is 6.11. The standard InChI is InChI=1S/C17H20N2OS/c20-16(9-13-8-11-5-6-12(13)7-11)18-10-17-19-14-3-1-2-4-15(14)21-17/h1-4,11-13H,5-10H2,(H,18,20). The largest absolute Gasteiger partial charge is 0.350 e. The summed E-state index contributed by atoms with van der Waals surface area (Å²) in [4.78, 5) is 16.7. The molecule has 4 heteroatoms. The number of amides is 1. The molecule has 2 aliphatic carbocycles. The maximum absolute atomic E-state index is 12.1. The molecule has 110 valence electrons. The molecule has 1 amide bonds. The van der Waals surface area contributed by atoms with Gasteiger partial charge in [0, 0.05) is 6.42 Å². The Morgan fingerprint density at radius 1 is 1.29 bits per heavy atom. The molecule has 3 nitrogen and oxygen atoms in total. The van der Waals surface area contributed by atoms with Crippen LogP contribution in [0.15, 0.2) is 24.3 Å². The van der Waals surface area contributed by atoms with E-state index in [1.165, 1.54) is 30.4 Å². The smallest absolute Gasteiger partial charge is 0.220 e. The third-order valence-electron chi connectivity index (χ3n) is 5.11. The van der Waals surface area contributed by atoms with Crippen molar-refractivity contribution in [3.8, 4) is 0 Å². The molecule has 21 heavy (non-hydrogen) atoms. The van der Waals surface area contributed by atoms with E-state index < -0.39 is 0 Å². The highest BCUT2D eigenvalue weighted by molar-refractivity contribution is 7.18. The van der Waals surface area contributed by atoms with Crippen molar-refractivity contribution in [1.29, 1.82) is 0 Å². The van der Waals surface area contributed by atoms with E-state index in [0.717, 1.165) is 22.4 Å². The van der Waals surface area contributed by atoms with Crippen molar-refractivity contribution in [2.45, 2.75) is 38.6 Å². The van der Waals surface area contributed by atoms with Crippen LogP contribution < -0.4 is 5.32 Å². The second-order valence-corrected chi connectivity index (χ2v) is 7.61. The molecule has 0 aliphatic heterocycles. The molecular formula is C17H20N2OS. The van der Waals surface area contributed by atoms with Crippen molar-refractivity contribution in [1.82, 2.24) is 10.3 Å². The van der Waals surface area contributed by atoms with Crippen LogP contribution in [0.2, 0.25) is 0 Å². The van der Waals surface area contributed by atoms with Gasteiger partial charge < -0.3 is 5.32 Å². The number of thiazole rings is 1. The highest BCUT2D eigenvalue weighted by Crippen LogP contribution is 2.49. The van der Waals surface area contributed by atoms with E-state index in [2.05, 4.69) is 16.4 Å². The van der Waals surface area contributed by atoms with Crippen LogP contribution in [0.4, 0.5) is 0 Å². The van der Waals surface area contributed by atoms with Crippen LogP contribution in [-0.4, -0.2) is 10.9 Å². The number of rotatable bonds is 4. The average molecular weight is 300 g/mol. The van der Waals surface area contributed by atoms with Gasteiger partial charge in [0.25, 0.3) is 0 Å². The third kappa shape index (κ3) is 2.69. The second kappa shape index (κ2) is 5.41. The lowest BCUT2D eigenvalue weighted by molar-refractivity contribution is -0.122. The fourth-order valence-corrected chi connectivity index (χ4v) is 5.01. The van der Waals surface area contributed by atoms with Crippen LogP contribution in [0.5, 0.6) is 0 Å². The van der Waals surface area contributed by atoms with Gasteiger partial charge in [-0.15, -0.1) is 11.3 Å². The average Bonchev–Trinajstić information content (AvgIpc) is 3.19. The van der Waals surface area contributed by atoms with E-state index in [1.54, 1.807) is 11.3 Å². The van der Waals surface area contributed by atoms with Gasteiger partial charge in [0.15, 0.2) is 0 Å². The highest BCUT2D eigenvalue weighted by Gasteiger charge is 2.39. The van der Waals surface area contributed by atoms with Crippen LogP contribution in [0.3, 0.4) is 0 Å². The van der Waals surface area contributed by atoms with E-state index in [-0.39, 0.29) is 5.91 Å². The van der Waals surface area contributed by atoms with Crippen molar-refractivity contribution in [3.63, 3.8) is 0 Å². The molecule has 1 heterocycles. The fourth-order valence-electron chi connectivity index (χ4n) is 4.11. The minimum atomic E-state index is 0.201. The van der Waals surface area contributed by atoms with E-state index >= 15 is 0 Å². The lowest BCUT2D eigenvalue weighted by atomic mass is 9.86. The SMILES string of the molecule is O=C(CC1CC2CCC1C2)NCc1nc2ccccc2s1. The number of nitrogens with one attached hydrogen (secondary N) is 1. The van der Waals surface area contributed by atoms with E-state index in [4.69, 9.17) is 0 Å². The molecular weight excluding hydrogens is 280 g/mol. The maximum atomic E-state index is 12.1. The van der Waals surface area contributed by atoms with Gasteiger partial charge in [0.05, 0.1) is 16.8 Å².